The van der Waals surface area contributed by atoms with Crippen molar-refractivity contribution >= 4 is 17.9 Å². The third-order valence-corrected chi connectivity index (χ3v) is 12.4. The van der Waals surface area contributed by atoms with Gasteiger partial charge in [0.05, 0.1) is 0 Å². The van der Waals surface area contributed by atoms with E-state index in [-0.39, 0.29) is 37.5 Å². The Balaban J connectivity index is 4.54. The molecule has 0 amide bonds. The highest BCUT2D eigenvalue weighted by molar-refractivity contribution is 5.71. The van der Waals surface area contributed by atoms with Crippen LogP contribution in [-0.4, -0.2) is 37.2 Å². The fourth-order valence-corrected chi connectivity index (χ4v) is 7.87. The Bertz CT molecular complexity index is 1520. The summed E-state index contributed by atoms with van der Waals surface area (Å²) in [5.74, 6) is -0.967. The van der Waals surface area contributed by atoms with Crippen LogP contribution in [0.4, 0.5) is 0 Å². The summed E-state index contributed by atoms with van der Waals surface area (Å²) in [5, 5.41) is 0. The molecule has 0 aromatic heterocycles. The van der Waals surface area contributed by atoms with Crippen LogP contribution < -0.4 is 0 Å². The third-order valence-electron chi connectivity index (χ3n) is 12.4. The number of esters is 3. The molecule has 0 heterocycles. The molecule has 1 atom stereocenters. The number of rotatable bonds is 52. The first-order chi connectivity index (χ1) is 35.5. The summed E-state index contributed by atoms with van der Waals surface area (Å²) in [7, 11) is 0. The normalized spacial score (nSPS) is 13.0. The van der Waals surface area contributed by atoms with Crippen molar-refractivity contribution < 1.29 is 28.6 Å². The molecule has 0 aromatic carbocycles. The van der Waals surface area contributed by atoms with Crippen molar-refractivity contribution in [1.82, 2.24) is 0 Å². The number of ether oxygens (including phenoxy) is 3. The predicted octanol–water partition coefficient (Wildman–Crippen LogP) is 20.0. The first-order valence-electron chi connectivity index (χ1n) is 29.7. The highest BCUT2D eigenvalue weighted by atomic mass is 16.6. The van der Waals surface area contributed by atoms with E-state index in [1.165, 1.54) is 89.9 Å². The smallest absolute Gasteiger partial charge is 0.306 e. The average Bonchev–Trinajstić information content (AvgIpc) is 3.38. The van der Waals surface area contributed by atoms with Crippen molar-refractivity contribution in [2.24, 2.45) is 0 Å². The van der Waals surface area contributed by atoms with Crippen LogP contribution in [-0.2, 0) is 28.6 Å². The molecule has 1 unspecified atom stereocenters. The molecule has 0 aromatic rings. The summed E-state index contributed by atoms with van der Waals surface area (Å²) in [6.45, 7) is 6.51. The Morgan fingerprint density at radius 3 is 0.819 bits per heavy atom. The van der Waals surface area contributed by atoms with Crippen LogP contribution in [0.2, 0.25) is 0 Å². The number of unbranched alkanes of at least 4 members (excludes halogenated alkanes) is 28. The molecule has 0 aliphatic rings. The third kappa shape index (κ3) is 56.7. The fourth-order valence-electron chi connectivity index (χ4n) is 7.87. The highest BCUT2D eigenvalue weighted by Gasteiger charge is 2.19. The molecule has 0 fully saturated rings. The number of carbonyl (C=O) groups excluding carboxylic acids is 3. The second-order valence-electron chi connectivity index (χ2n) is 19.4. The van der Waals surface area contributed by atoms with E-state index >= 15 is 0 Å². The van der Waals surface area contributed by atoms with E-state index in [0.717, 1.165) is 128 Å². The van der Waals surface area contributed by atoms with Gasteiger partial charge in [-0.15, -0.1) is 0 Å². The monoisotopic (exact) mass is 997 g/mol. The van der Waals surface area contributed by atoms with Crippen molar-refractivity contribution in [3.05, 3.63) is 122 Å². The second-order valence-corrected chi connectivity index (χ2v) is 19.4. The van der Waals surface area contributed by atoms with Crippen LogP contribution in [0.1, 0.15) is 258 Å². The minimum absolute atomic E-state index is 0.107. The Hall–Kier alpha value is -4.19. The maximum absolute atomic E-state index is 12.9. The van der Waals surface area contributed by atoms with E-state index < -0.39 is 6.10 Å². The number of hydrogen-bond donors (Lipinski definition) is 0. The molecule has 0 aliphatic heterocycles. The zero-order valence-corrected chi connectivity index (χ0v) is 46.7. The highest BCUT2D eigenvalue weighted by Crippen LogP contribution is 2.14. The first kappa shape index (κ1) is 67.8. The average molecular weight is 998 g/mol. The Morgan fingerprint density at radius 2 is 0.500 bits per heavy atom. The lowest BCUT2D eigenvalue weighted by Crippen LogP contribution is -2.30. The SMILES string of the molecule is CCCCC\C=C/C=C\C=C/C=C\CCCCCCCC(=O)OCC(COC(=O)CCCCCCC/C=C\C=C/CCCCCCCCC)OC(=O)CCCCCCC\C=C/C=C\C=C/C=C\CCCCC. The summed E-state index contributed by atoms with van der Waals surface area (Å²) in [6, 6.07) is 0. The lowest BCUT2D eigenvalue weighted by atomic mass is 10.1. The minimum atomic E-state index is -0.812. The molecular weight excluding hydrogens is 889 g/mol. The van der Waals surface area contributed by atoms with E-state index in [9.17, 15) is 14.4 Å². The molecule has 0 aliphatic carbocycles. The largest absolute Gasteiger partial charge is 0.462 e. The molecule has 0 N–H and O–H groups in total. The van der Waals surface area contributed by atoms with Gasteiger partial charge in [-0.25, -0.2) is 0 Å². The Morgan fingerprint density at radius 1 is 0.278 bits per heavy atom. The lowest BCUT2D eigenvalue weighted by Gasteiger charge is -2.18. The first-order valence-corrected chi connectivity index (χ1v) is 29.7. The zero-order valence-electron chi connectivity index (χ0n) is 46.7. The van der Waals surface area contributed by atoms with E-state index in [4.69, 9.17) is 14.2 Å². The van der Waals surface area contributed by atoms with Crippen molar-refractivity contribution in [3.63, 3.8) is 0 Å². The fraction of sp³-hybridized carbons (Fsp3) is 0.652. The maximum atomic E-state index is 12.9. The molecule has 72 heavy (non-hydrogen) atoms. The number of hydrogen-bond acceptors (Lipinski definition) is 6. The van der Waals surface area contributed by atoms with Gasteiger partial charge in [-0.05, 0) is 96.3 Å². The van der Waals surface area contributed by atoms with Gasteiger partial charge in [0.2, 0.25) is 0 Å². The van der Waals surface area contributed by atoms with Crippen molar-refractivity contribution in [2.45, 2.75) is 264 Å². The van der Waals surface area contributed by atoms with Crippen LogP contribution in [0.3, 0.4) is 0 Å². The summed E-state index contributed by atoms with van der Waals surface area (Å²) < 4.78 is 16.8. The van der Waals surface area contributed by atoms with E-state index in [0.29, 0.717) is 12.8 Å². The number of carbonyl (C=O) groups is 3. The van der Waals surface area contributed by atoms with Gasteiger partial charge in [-0.2, -0.15) is 0 Å². The molecule has 408 valence electrons. The van der Waals surface area contributed by atoms with Crippen molar-refractivity contribution in [1.29, 1.82) is 0 Å². The van der Waals surface area contributed by atoms with E-state index in [1.807, 2.05) is 0 Å². The molecule has 0 saturated carbocycles. The van der Waals surface area contributed by atoms with Gasteiger partial charge in [0.15, 0.2) is 6.10 Å². The van der Waals surface area contributed by atoms with Gasteiger partial charge in [0.25, 0.3) is 0 Å². The van der Waals surface area contributed by atoms with Crippen LogP contribution in [0.5, 0.6) is 0 Å². The standard InChI is InChI=1S/C66H108O6/c1-4-7-10-13-16-19-22-25-28-31-34-37-40-43-46-49-52-55-58-64(67)70-61-63(72-66(69)60-57-54-51-48-45-42-39-36-33-30-27-24-21-18-15-12-9-6-3)62-71-65(68)59-56-53-50-47-44-41-38-35-32-29-26-23-20-17-14-11-8-5-2/h16,18-19,21-22,24-25,27-39,63H,4-15,17,20,23,26,40-62H2,1-3H3/b19-16-,21-18-,25-22-,27-24-,31-28-,32-29-,33-30-,37-34-,38-35-,39-36-. The van der Waals surface area contributed by atoms with E-state index in [1.54, 1.807) is 0 Å². The van der Waals surface area contributed by atoms with Crippen LogP contribution >= 0.6 is 0 Å². The van der Waals surface area contributed by atoms with E-state index in [2.05, 4.69) is 142 Å². The van der Waals surface area contributed by atoms with Gasteiger partial charge in [0.1, 0.15) is 13.2 Å². The molecular formula is C66H108O6. The maximum Gasteiger partial charge on any atom is 0.306 e. The van der Waals surface area contributed by atoms with Gasteiger partial charge in [-0.3, -0.25) is 14.4 Å². The van der Waals surface area contributed by atoms with Gasteiger partial charge >= 0.3 is 17.9 Å². The predicted molar refractivity (Wildman–Crippen MR) is 311 cm³/mol. The minimum Gasteiger partial charge on any atom is -0.462 e. The van der Waals surface area contributed by atoms with Gasteiger partial charge in [0, 0.05) is 19.3 Å². The molecule has 6 nitrogen and oxygen atoms in total. The zero-order chi connectivity index (χ0) is 52.2. The Labute approximate surface area is 443 Å². The Kier molecular flexibility index (Phi) is 55.9. The van der Waals surface area contributed by atoms with Crippen LogP contribution in [0.15, 0.2) is 122 Å². The van der Waals surface area contributed by atoms with Crippen molar-refractivity contribution in [2.75, 3.05) is 13.2 Å². The summed E-state index contributed by atoms with van der Waals surface area (Å²) in [4.78, 5) is 38.2. The molecule has 0 rings (SSSR count). The molecule has 0 saturated heterocycles. The number of allylic oxidation sites excluding steroid dienone is 20. The molecule has 0 bridgehead atoms. The lowest BCUT2D eigenvalue weighted by molar-refractivity contribution is -0.167. The second kappa shape index (κ2) is 59.4. The summed E-state index contributed by atoms with van der Waals surface area (Å²) in [6.07, 6.45) is 81.7. The molecule has 6 heteroatoms. The quantitative estimate of drug-likeness (QED) is 0.0261. The van der Waals surface area contributed by atoms with Crippen LogP contribution in [0.25, 0.3) is 0 Å². The van der Waals surface area contributed by atoms with Crippen molar-refractivity contribution in [3.8, 4) is 0 Å². The van der Waals surface area contributed by atoms with Gasteiger partial charge < -0.3 is 14.2 Å². The van der Waals surface area contributed by atoms with Crippen LogP contribution in [0, 0.1) is 0 Å². The van der Waals surface area contributed by atoms with Gasteiger partial charge in [-0.1, -0.05) is 264 Å². The summed E-state index contributed by atoms with van der Waals surface area (Å²) in [5.41, 5.74) is 0. The molecule has 0 spiro atoms. The topological polar surface area (TPSA) is 78.9 Å². The molecule has 0 radical (unpaired) electrons. The summed E-state index contributed by atoms with van der Waals surface area (Å²) >= 11 is 0.